The largest absolute Gasteiger partial charge is 0.293 e. The minimum absolute atomic E-state index is 0.304. The van der Waals surface area contributed by atoms with Crippen LogP contribution in [0.25, 0.3) is 0 Å². The Morgan fingerprint density at radius 2 is 1.67 bits per heavy atom. The van der Waals surface area contributed by atoms with E-state index in [1.165, 1.54) is 12.1 Å². The summed E-state index contributed by atoms with van der Waals surface area (Å²) >= 11 is 8.20. The number of hydrogen-bond donors (Lipinski definition) is 0. The molecular weight excluding hydrogens is 243 g/mol. The smallest absolute Gasteiger partial charge is 0.284 e. The molecule has 12 heavy (non-hydrogen) atoms. The van der Waals surface area contributed by atoms with Gasteiger partial charge < -0.3 is 0 Å². The summed E-state index contributed by atoms with van der Waals surface area (Å²) < 4.78 is 0.848. The molecule has 0 atom stereocenters. The zero-order valence-electron chi connectivity index (χ0n) is 5.88. The average Bonchev–Trinajstić information content (AvgIpc) is 2.04. The van der Waals surface area contributed by atoms with Gasteiger partial charge in [0.15, 0.2) is 0 Å². The van der Waals surface area contributed by atoms with Crippen LogP contribution in [0.15, 0.2) is 28.7 Å². The maximum Gasteiger partial charge on any atom is 0.293 e. The molecule has 4 heteroatoms. The predicted molar refractivity (Wildman–Crippen MR) is 49.3 cm³/mol. The van der Waals surface area contributed by atoms with Crippen molar-refractivity contribution in [1.82, 2.24) is 0 Å². The number of hydrogen-bond acceptors (Lipinski definition) is 2. The molecule has 0 aliphatic rings. The topological polar surface area (TPSA) is 34.1 Å². The van der Waals surface area contributed by atoms with E-state index in [-0.39, 0.29) is 0 Å². The number of rotatable bonds is 2. The van der Waals surface area contributed by atoms with E-state index in [0.717, 1.165) is 4.47 Å². The van der Waals surface area contributed by atoms with E-state index in [9.17, 15) is 9.59 Å². The molecule has 62 valence electrons. The highest BCUT2D eigenvalue weighted by Crippen LogP contribution is 2.11. The molecule has 0 unspecified atom stereocenters. The van der Waals surface area contributed by atoms with E-state index < -0.39 is 11.0 Å². The summed E-state index contributed by atoms with van der Waals surface area (Å²) in [6.45, 7) is 0. The van der Waals surface area contributed by atoms with Gasteiger partial charge in [-0.1, -0.05) is 15.9 Å². The van der Waals surface area contributed by atoms with Crippen LogP contribution in [0.2, 0.25) is 0 Å². The Balaban J connectivity index is 2.98. The van der Waals surface area contributed by atoms with Gasteiger partial charge in [0.2, 0.25) is 5.78 Å². The number of halogens is 2. The van der Waals surface area contributed by atoms with Gasteiger partial charge in [0, 0.05) is 10.0 Å². The van der Waals surface area contributed by atoms with Crippen LogP contribution < -0.4 is 0 Å². The Morgan fingerprint density at radius 3 is 2.08 bits per heavy atom. The first-order valence-corrected chi connectivity index (χ1v) is 4.28. The Hall–Kier alpha value is -0.670. The summed E-state index contributed by atoms with van der Waals surface area (Å²) in [5.74, 6) is -0.677. The molecule has 0 heterocycles. The third-order valence-electron chi connectivity index (χ3n) is 1.28. The molecule has 0 saturated heterocycles. The maximum absolute atomic E-state index is 11.0. The Labute approximate surface area is 82.7 Å². The number of carbonyl (C=O) groups is 2. The summed E-state index contributed by atoms with van der Waals surface area (Å²) in [7, 11) is 0. The Kier molecular flexibility index (Phi) is 3.00. The maximum atomic E-state index is 11.0. The minimum Gasteiger partial charge on any atom is -0.284 e. The first-order valence-electron chi connectivity index (χ1n) is 3.11. The van der Waals surface area contributed by atoms with Crippen LogP contribution in [-0.4, -0.2) is 11.0 Å². The SMILES string of the molecule is O=C(Cl)C(=O)c1ccc(Br)cc1. The Bertz CT molecular complexity index is 318. The molecule has 2 nitrogen and oxygen atoms in total. The van der Waals surface area contributed by atoms with Gasteiger partial charge in [-0.2, -0.15) is 0 Å². The van der Waals surface area contributed by atoms with Crippen molar-refractivity contribution < 1.29 is 9.59 Å². The van der Waals surface area contributed by atoms with Crippen molar-refractivity contribution in [3.63, 3.8) is 0 Å². The quantitative estimate of drug-likeness (QED) is 0.457. The molecule has 0 N–H and O–H groups in total. The first-order chi connectivity index (χ1) is 5.61. The highest BCUT2D eigenvalue weighted by molar-refractivity contribution is 9.10. The molecule has 0 radical (unpaired) electrons. The minimum atomic E-state index is -0.961. The normalized spacial score (nSPS) is 9.50. The molecule has 0 amide bonds. The second-order valence-electron chi connectivity index (χ2n) is 2.11. The lowest BCUT2D eigenvalue weighted by atomic mass is 10.1. The molecule has 1 aromatic carbocycles. The van der Waals surface area contributed by atoms with E-state index >= 15 is 0 Å². The molecule has 1 aromatic rings. The van der Waals surface area contributed by atoms with Gasteiger partial charge >= 0.3 is 0 Å². The number of ketones is 1. The molecule has 0 aromatic heterocycles. The second kappa shape index (κ2) is 3.83. The van der Waals surface area contributed by atoms with Crippen molar-refractivity contribution in [2.45, 2.75) is 0 Å². The fourth-order valence-corrected chi connectivity index (χ4v) is 1.09. The average molecular weight is 247 g/mol. The van der Waals surface area contributed by atoms with Crippen LogP contribution in [0.1, 0.15) is 10.4 Å². The van der Waals surface area contributed by atoms with Crippen molar-refractivity contribution in [3.05, 3.63) is 34.3 Å². The fourth-order valence-electron chi connectivity index (χ4n) is 0.715. The van der Waals surface area contributed by atoms with Crippen LogP contribution >= 0.6 is 27.5 Å². The summed E-state index contributed by atoms with van der Waals surface area (Å²) in [6.07, 6.45) is 0. The molecule has 0 spiro atoms. The molecular formula is C8H4BrClO2. The lowest BCUT2D eigenvalue weighted by molar-refractivity contribution is -0.108. The summed E-state index contributed by atoms with van der Waals surface area (Å²) in [5.41, 5.74) is 0.304. The number of benzene rings is 1. The summed E-state index contributed by atoms with van der Waals surface area (Å²) in [4.78, 5) is 21.4. The highest BCUT2D eigenvalue weighted by Gasteiger charge is 2.12. The number of carbonyl (C=O) groups excluding carboxylic acids is 2. The molecule has 0 saturated carbocycles. The third kappa shape index (κ3) is 2.16. The number of Topliss-reactive ketones (excluding diaryl/α,β-unsaturated/α-hetero) is 1. The van der Waals surface area contributed by atoms with Gasteiger partial charge in [0.25, 0.3) is 5.24 Å². The standard InChI is InChI=1S/C8H4BrClO2/c9-6-3-1-5(2-4-6)7(11)8(10)12/h1-4H. The monoisotopic (exact) mass is 246 g/mol. The highest BCUT2D eigenvalue weighted by atomic mass is 79.9. The summed E-state index contributed by atoms with van der Waals surface area (Å²) in [5, 5.41) is -0.961. The van der Waals surface area contributed by atoms with Crippen molar-refractivity contribution in [2.75, 3.05) is 0 Å². The summed E-state index contributed by atoms with van der Waals surface area (Å²) in [6, 6.07) is 6.42. The van der Waals surface area contributed by atoms with Crippen LogP contribution in [0.3, 0.4) is 0 Å². The fraction of sp³-hybridized carbons (Fsp3) is 0. The first kappa shape index (κ1) is 9.42. The van der Waals surface area contributed by atoms with E-state index in [4.69, 9.17) is 11.6 Å². The van der Waals surface area contributed by atoms with Gasteiger partial charge in [-0.15, -0.1) is 0 Å². The van der Waals surface area contributed by atoms with Crippen LogP contribution in [0.5, 0.6) is 0 Å². The lowest BCUT2D eigenvalue weighted by Gasteiger charge is -1.94. The van der Waals surface area contributed by atoms with Crippen molar-refractivity contribution >= 4 is 38.6 Å². The van der Waals surface area contributed by atoms with Gasteiger partial charge in [-0.25, -0.2) is 0 Å². The van der Waals surface area contributed by atoms with Crippen LogP contribution in [0, 0.1) is 0 Å². The zero-order valence-corrected chi connectivity index (χ0v) is 8.22. The second-order valence-corrected chi connectivity index (χ2v) is 3.37. The molecule has 0 fully saturated rings. The van der Waals surface area contributed by atoms with Crippen molar-refractivity contribution in [1.29, 1.82) is 0 Å². The van der Waals surface area contributed by atoms with Gasteiger partial charge in [0.05, 0.1) is 0 Å². The molecule has 0 bridgehead atoms. The third-order valence-corrected chi connectivity index (χ3v) is 1.99. The van der Waals surface area contributed by atoms with Crippen molar-refractivity contribution in [3.8, 4) is 0 Å². The van der Waals surface area contributed by atoms with E-state index in [2.05, 4.69) is 15.9 Å². The Morgan fingerprint density at radius 1 is 1.17 bits per heavy atom. The molecule has 1 rings (SSSR count). The lowest BCUT2D eigenvalue weighted by Crippen LogP contribution is -2.06. The van der Waals surface area contributed by atoms with E-state index in [1.807, 2.05) is 0 Å². The predicted octanol–water partition coefficient (Wildman–Crippen LogP) is 2.40. The van der Waals surface area contributed by atoms with E-state index in [1.54, 1.807) is 12.1 Å². The molecule has 0 aliphatic carbocycles. The van der Waals surface area contributed by atoms with Crippen LogP contribution in [-0.2, 0) is 4.79 Å². The van der Waals surface area contributed by atoms with Crippen LogP contribution in [0.4, 0.5) is 0 Å². The van der Waals surface area contributed by atoms with Gasteiger partial charge in [-0.3, -0.25) is 9.59 Å². The molecule has 0 aliphatic heterocycles. The van der Waals surface area contributed by atoms with E-state index in [0.29, 0.717) is 5.56 Å². The zero-order chi connectivity index (χ0) is 9.14. The van der Waals surface area contributed by atoms with Gasteiger partial charge in [-0.05, 0) is 35.9 Å². The van der Waals surface area contributed by atoms with Crippen molar-refractivity contribution in [2.24, 2.45) is 0 Å². The van der Waals surface area contributed by atoms with Gasteiger partial charge in [0.1, 0.15) is 0 Å².